The summed E-state index contributed by atoms with van der Waals surface area (Å²) < 4.78 is 0. The number of aromatic nitrogens is 1. The molecule has 5 heteroatoms. The zero-order valence-electron chi connectivity index (χ0n) is 11.6. The second-order valence-corrected chi connectivity index (χ2v) is 6.08. The van der Waals surface area contributed by atoms with Crippen LogP contribution >= 0.6 is 23.2 Å². The third-order valence-corrected chi connectivity index (χ3v) is 4.18. The fraction of sp³-hybridized carbons (Fsp3) is 0.118. The lowest BCUT2D eigenvalue weighted by molar-refractivity contribution is -0.118. The first-order chi connectivity index (χ1) is 10.5. The molecular weight excluding hydrogens is 319 g/mol. The van der Waals surface area contributed by atoms with Crippen molar-refractivity contribution < 1.29 is 4.79 Å². The molecule has 112 valence electrons. The number of hydrogen-bond donors (Lipinski definition) is 2. The van der Waals surface area contributed by atoms with Gasteiger partial charge in [-0.15, -0.1) is 0 Å². The third kappa shape index (κ3) is 2.96. The molecule has 0 fully saturated rings. The van der Waals surface area contributed by atoms with E-state index in [2.05, 4.69) is 4.98 Å². The SMILES string of the molecule is NC(=O)C[C@H](c1cccc(Cl)c1)c1c[nH]c2ccc(Cl)cc12. The van der Waals surface area contributed by atoms with Gasteiger partial charge in [-0.3, -0.25) is 4.79 Å². The molecule has 0 saturated carbocycles. The molecule has 1 amide bonds. The van der Waals surface area contributed by atoms with Crippen molar-refractivity contribution >= 4 is 40.0 Å². The van der Waals surface area contributed by atoms with Crippen molar-refractivity contribution in [2.45, 2.75) is 12.3 Å². The lowest BCUT2D eigenvalue weighted by atomic mass is 9.88. The highest BCUT2D eigenvalue weighted by molar-refractivity contribution is 6.31. The molecule has 0 radical (unpaired) electrons. The zero-order chi connectivity index (χ0) is 15.7. The number of hydrogen-bond acceptors (Lipinski definition) is 1. The Bertz CT molecular complexity index is 842. The number of primary amides is 1. The number of nitrogens with two attached hydrogens (primary N) is 1. The van der Waals surface area contributed by atoms with Crippen LogP contribution in [0.4, 0.5) is 0 Å². The highest BCUT2D eigenvalue weighted by Gasteiger charge is 2.20. The van der Waals surface area contributed by atoms with Gasteiger partial charge >= 0.3 is 0 Å². The fourth-order valence-corrected chi connectivity index (χ4v) is 3.11. The van der Waals surface area contributed by atoms with Crippen LogP contribution in [0, 0.1) is 0 Å². The number of amides is 1. The highest BCUT2D eigenvalue weighted by Crippen LogP contribution is 2.35. The second kappa shape index (κ2) is 6.03. The monoisotopic (exact) mass is 332 g/mol. The maximum atomic E-state index is 11.5. The molecule has 1 heterocycles. The minimum Gasteiger partial charge on any atom is -0.370 e. The molecule has 1 aromatic heterocycles. The van der Waals surface area contributed by atoms with Crippen molar-refractivity contribution in [1.82, 2.24) is 4.98 Å². The first-order valence-electron chi connectivity index (χ1n) is 6.85. The summed E-state index contributed by atoms with van der Waals surface area (Å²) in [6, 6.07) is 13.1. The predicted octanol–water partition coefficient (Wildman–Crippen LogP) is 4.48. The Morgan fingerprint density at radius 2 is 1.91 bits per heavy atom. The van der Waals surface area contributed by atoms with Crippen molar-refractivity contribution in [2.75, 3.05) is 0 Å². The van der Waals surface area contributed by atoms with Gasteiger partial charge in [0.2, 0.25) is 5.91 Å². The van der Waals surface area contributed by atoms with Gasteiger partial charge in [0, 0.05) is 39.5 Å². The molecule has 0 aliphatic heterocycles. The average Bonchev–Trinajstić information content (AvgIpc) is 2.87. The molecule has 2 aromatic carbocycles. The number of benzene rings is 2. The highest BCUT2D eigenvalue weighted by atomic mass is 35.5. The summed E-state index contributed by atoms with van der Waals surface area (Å²) in [5.74, 6) is -0.523. The third-order valence-electron chi connectivity index (χ3n) is 3.71. The number of H-pyrrole nitrogens is 1. The number of aromatic amines is 1. The van der Waals surface area contributed by atoms with Gasteiger partial charge in [0.1, 0.15) is 0 Å². The molecular formula is C17H14Cl2N2O. The summed E-state index contributed by atoms with van der Waals surface area (Å²) in [5.41, 5.74) is 8.34. The van der Waals surface area contributed by atoms with Gasteiger partial charge < -0.3 is 10.7 Å². The quantitative estimate of drug-likeness (QED) is 0.726. The van der Waals surface area contributed by atoms with Crippen LogP contribution in [-0.4, -0.2) is 10.9 Å². The number of rotatable bonds is 4. The predicted molar refractivity (Wildman–Crippen MR) is 90.4 cm³/mol. The van der Waals surface area contributed by atoms with E-state index < -0.39 is 0 Å². The molecule has 22 heavy (non-hydrogen) atoms. The minimum absolute atomic E-state index is 0.164. The minimum atomic E-state index is -0.360. The van der Waals surface area contributed by atoms with E-state index in [0.717, 1.165) is 22.0 Å². The smallest absolute Gasteiger partial charge is 0.218 e. The Morgan fingerprint density at radius 1 is 1.14 bits per heavy atom. The molecule has 3 aromatic rings. The molecule has 0 spiro atoms. The lowest BCUT2D eigenvalue weighted by Crippen LogP contribution is -2.16. The van der Waals surface area contributed by atoms with E-state index in [0.29, 0.717) is 10.0 Å². The van der Waals surface area contributed by atoms with E-state index in [4.69, 9.17) is 28.9 Å². The summed E-state index contributed by atoms with van der Waals surface area (Å²) in [6.07, 6.45) is 2.11. The molecule has 3 rings (SSSR count). The van der Waals surface area contributed by atoms with Crippen molar-refractivity contribution in [1.29, 1.82) is 0 Å². The van der Waals surface area contributed by atoms with E-state index >= 15 is 0 Å². The Morgan fingerprint density at radius 3 is 2.64 bits per heavy atom. The average molecular weight is 333 g/mol. The van der Waals surface area contributed by atoms with E-state index in [1.54, 1.807) is 6.07 Å². The van der Waals surface area contributed by atoms with Crippen molar-refractivity contribution in [3.05, 3.63) is 69.8 Å². The topological polar surface area (TPSA) is 58.9 Å². The molecule has 1 atom stereocenters. The first-order valence-corrected chi connectivity index (χ1v) is 7.60. The number of nitrogens with one attached hydrogen (secondary N) is 1. The molecule has 0 saturated heterocycles. The lowest BCUT2D eigenvalue weighted by Gasteiger charge is -2.16. The second-order valence-electron chi connectivity index (χ2n) is 5.21. The van der Waals surface area contributed by atoms with E-state index in [-0.39, 0.29) is 18.2 Å². The standard InChI is InChI=1S/C17H14Cl2N2O/c18-11-3-1-2-10(6-11)13(8-17(20)22)15-9-21-16-5-4-12(19)7-14(15)16/h1-7,9,13,21H,8H2,(H2,20,22)/t13-/m1/s1. The summed E-state index contributed by atoms with van der Waals surface area (Å²) in [6.45, 7) is 0. The van der Waals surface area contributed by atoms with Crippen molar-refractivity contribution in [3.8, 4) is 0 Å². The van der Waals surface area contributed by atoms with Gasteiger partial charge in [0.15, 0.2) is 0 Å². The van der Waals surface area contributed by atoms with Gasteiger partial charge in [-0.05, 0) is 41.5 Å². The van der Waals surface area contributed by atoms with E-state index in [9.17, 15) is 4.79 Å². The molecule has 0 unspecified atom stereocenters. The van der Waals surface area contributed by atoms with Crippen LogP contribution in [0.3, 0.4) is 0 Å². The Hall–Kier alpha value is -1.97. The first kappa shape index (κ1) is 14.9. The van der Waals surface area contributed by atoms with Gasteiger partial charge in [-0.2, -0.15) is 0 Å². The van der Waals surface area contributed by atoms with Gasteiger partial charge in [-0.1, -0.05) is 35.3 Å². The number of carbonyl (C=O) groups is 1. The summed E-state index contributed by atoms with van der Waals surface area (Å²) in [7, 11) is 0. The molecule has 0 aliphatic rings. The largest absolute Gasteiger partial charge is 0.370 e. The molecule has 0 bridgehead atoms. The number of carbonyl (C=O) groups excluding carboxylic acids is 1. The Labute approximate surface area is 138 Å². The van der Waals surface area contributed by atoms with Crippen LogP contribution in [0.15, 0.2) is 48.7 Å². The molecule has 3 nitrogen and oxygen atoms in total. The van der Waals surface area contributed by atoms with Crippen LogP contribution in [0.5, 0.6) is 0 Å². The van der Waals surface area contributed by atoms with Gasteiger partial charge in [-0.25, -0.2) is 0 Å². The van der Waals surface area contributed by atoms with Crippen LogP contribution in [-0.2, 0) is 4.79 Å². The van der Waals surface area contributed by atoms with Gasteiger partial charge in [0.05, 0.1) is 0 Å². The van der Waals surface area contributed by atoms with Crippen molar-refractivity contribution in [2.24, 2.45) is 5.73 Å². The number of fused-ring (bicyclic) bond motifs is 1. The maximum Gasteiger partial charge on any atom is 0.218 e. The van der Waals surface area contributed by atoms with Crippen LogP contribution in [0.1, 0.15) is 23.5 Å². The molecule has 0 aliphatic carbocycles. The van der Waals surface area contributed by atoms with Crippen molar-refractivity contribution in [3.63, 3.8) is 0 Å². The zero-order valence-corrected chi connectivity index (χ0v) is 13.2. The summed E-state index contributed by atoms with van der Waals surface area (Å²) in [5, 5.41) is 2.26. The Balaban J connectivity index is 2.15. The van der Waals surface area contributed by atoms with Crippen LogP contribution < -0.4 is 5.73 Å². The summed E-state index contributed by atoms with van der Waals surface area (Å²) >= 11 is 12.2. The normalized spacial score (nSPS) is 12.5. The van der Waals surface area contributed by atoms with Crippen LogP contribution in [0.2, 0.25) is 10.0 Å². The van der Waals surface area contributed by atoms with Crippen LogP contribution in [0.25, 0.3) is 10.9 Å². The maximum absolute atomic E-state index is 11.5. The number of halogens is 2. The van der Waals surface area contributed by atoms with Gasteiger partial charge in [0.25, 0.3) is 0 Å². The Kier molecular flexibility index (Phi) is 4.10. The fourth-order valence-electron chi connectivity index (χ4n) is 2.73. The summed E-state index contributed by atoms with van der Waals surface area (Å²) in [4.78, 5) is 14.7. The molecule has 3 N–H and O–H groups in total. The van der Waals surface area contributed by atoms with E-state index in [1.165, 1.54) is 0 Å². The van der Waals surface area contributed by atoms with E-state index in [1.807, 2.05) is 42.6 Å².